The van der Waals surface area contributed by atoms with Gasteiger partial charge in [0.25, 0.3) is 0 Å². The zero-order chi connectivity index (χ0) is 17.8. The van der Waals surface area contributed by atoms with Crippen LogP contribution in [0.5, 0.6) is 0 Å². The summed E-state index contributed by atoms with van der Waals surface area (Å²) >= 11 is 1.65. The smallest absolute Gasteiger partial charge is 0.305 e. The van der Waals surface area contributed by atoms with Crippen molar-refractivity contribution in [3.8, 4) is 0 Å². The van der Waals surface area contributed by atoms with Crippen LogP contribution in [0, 0.1) is 5.41 Å². The van der Waals surface area contributed by atoms with E-state index in [1.54, 1.807) is 11.8 Å². The zero-order valence-corrected chi connectivity index (χ0v) is 15.0. The summed E-state index contributed by atoms with van der Waals surface area (Å²) in [4.78, 5) is 35.7. The van der Waals surface area contributed by atoms with Crippen molar-refractivity contribution < 1.29 is 23.9 Å². The first kappa shape index (κ1) is 20.2. The van der Waals surface area contributed by atoms with Crippen LogP contribution in [0.1, 0.15) is 32.1 Å². The highest BCUT2D eigenvalue weighted by molar-refractivity contribution is 7.99. The Kier molecular flexibility index (Phi) is 9.15. The molecule has 0 atom stereocenters. The Balaban J connectivity index is 2.67. The van der Waals surface area contributed by atoms with E-state index in [1.165, 1.54) is 14.2 Å². The lowest BCUT2D eigenvalue weighted by atomic mass is 9.78. The Morgan fingerprint density at radius 2 is 1.54 bits per heavy atom. The highest BCUT2D eigenvalue weighted by atomic mass is 32.2. The lowest BCUT2D eigenvalue weighted by Gasteiger charge is -2.27. The van der Waals surface area contributed by atoms with Crippen LogP contribution in [0.2, 0.25) is 0 Å². The van der Waals surface area contributed by atoms with Crippen molar-refractivity contribution >= 4 is 30.0 Å². The Labute approximate surface area is 147 Å². The molecule has 0 N–H and O–H groups in total. The number of aldehydes is 1. The van der Waals surface area contributed by atoms with Crippen molar-refractivity contribution in [3.05, 3.63) is 30.3 Å². The maximum atomic E-state index is 11.8. The molecule has 0 unspecified atom stereocenters. The molecule has 1 aromatic rings. The Hall–Kier alpha value is -1.82. The number of ether oxygens (including phenoxy) is 2. The van der Waals surface area contributed by atoms with E-state index in [0.717, 1.165) is 16.9 Å². The van der Waals surface area contributed by atoms with Crippen LogP contribution >= 0.6 is 11.8 Å². The average Bonchev–Trinajstić information content (AvgIpc) is 2.63. The first-order valence-electron chi connectivity index (χ1n) is 7.83. The molecule has 0 aliphatic rings. The minimum atomic E-state index is -0.718. The molecule has 24 heavy (non-hydrogen) atoms. The van der Waals surface area contributed by atoms with Crippen molar-refractivity contribution in [1.29, 1.82) is 0 Å². The molecule has 6 heteroatoms. The quantitative estimate of drug-likeness (QED) is 0.346. The molecule has 0 saturated carbocycles. The Bertz CT molecular complexity index is 509. The number of hydrogen-bond donors (Lipinski definition) is 0. The maximum absolute atomic E-state index is 11.8. The summed E-state index contributed by atoms with van der Waals surface area (Å²) in [5, 5.41) is 0. The van der Waals surface area contributed by atoms with Crippen LogP contribution in [0.25, 0.3) is 0 Å². The third kappa shape index (κ3) is 7.17. The molecule has 0 heterocycles. The molecule has 0 fully saturated rings. The number of thioether (sulfide) groups is 1. The summed E-state index contributed by atoms with van der Waals surface area (Å²) in [5.74, 6) is 0.0236. The van der Waals surface area contributed by atoms with E-state index in [2.05, 4.69) is 9.47 Å². The third-order valence-electron chi connectivity index (χ3n) is 3.97. The van der Waals surface area contributed by atoms with Gasteiger partial charge in [-0.2, -0.15) is 0 Å². The fraction of sp³-hybridized carbons (Fsp3) is 0.500. The van der Waals surface area contributed by atoms with E-state index in [4.69, 9.17) is 0 Å². The van der Waals surface area contributed by atoms with Crippen molar-refractivity contribution in [1.82, 2.24) is 0 Å². The molecule has 0 spiro atoms. The summed E-state index contributed by atoms with van der Waals surface area (Å²) in [6, 6.07) is 9.90. The van der Waals surface area contributed by atoms with E-state index in [9.17, 15) is 14.4 Å². The van der Waals surface area contributed by atoms with Gasteiger partial charge in [0.15, 0.2) is 0 Å². The van der Waals surface area contributed by atoms with E-state index in [0.29, 0.717) is 19.3 Å². The van der Waals surface area contributed by atoms with Crippen LogP contribution in [0.4, 0.5) is 0 Å². The van der Waals surface area contributed by atoms with Gasteiger partial charge in [0, 0.05) is 23.2 Å². The fourth-order valence-electron chi connectivity index (χ4n) is 2.35. The summed E-state index contributed by atoms with van der Waals surface area (Å²) in [6.45, 7) is 0. The predicted octanol–water partition coefficient (Wildman–Crippen LogP) is 3.26. The molecule has 0 aliphatic heterocycles. The summed E-state index contributed by atoms with van der Waals surface area (Å²) in [5.41, 5.74) is -0.718. The second-order valence-electron chi connectivity index (χ2n) is 5.54. The SMILES string of the molecule is COC(=O)CCC(C=O)(CCSc1ccccc1)CCC(=O)OC. The van der Waals surface area contributed by atoms with Crippen LogP contribution < -0.4 is 0 Å². The van der Waals surface area contributed by atoms with Gasteiger partial charge in [0.2, 0.25) is 0 Å². The normalized spacial score (nSPS) is 10.9. The first-order valence-corrected chi connectivity index (χ1v) is 8.81. The molecule has 0 bridgehead atoms. The molecular formula is C18H24O5S. The molecule has 0 amide bonds. The molecule has 5 nitrogen and oxygen atoms in total. The van der Waals surface area contributed by atoms with Gasteiger partial charge in [0.05, 0.1) is 14.2 Å². The van der Waals surface area contributed by atoms with Gasteiger partial charge in [-0.1, -0.05) is 18.2 Å². The number of esters is 2. The first-order chi connectivity index (χ1) is 11.5. The van der Waals surface area contributed by atoms with Gasteiger partial charge in [-0.3, -0.25) is 9.59 Å². The Morgan fingerprint density at radius 3 is 2.00 bits per heavy atom. The van der Waals surface area contributed by atoms with Crippen molar-refractivity contribution in [2.24, 2.45) is 5.41 Å². The van der Waals surface area contributed by atoms with Crippen molar-refractivity contribution in [2.75, 3.05) is 20.0 Å². The van der Waals surface area contributed by atoms with E-state index >= 15 is 0 Å². The number of hydrogen-bond acceptors (Lipinski definition) is 6. The highest BCUT2D eigenvalue weighted by Gasteiger charge is 2.31. The summed E-state index contributed by atoms with van der Waals surface area (Å²) in [7, 11) is 2.65. The lowest BCUT2D eigenvalue weighted by molar-refractivity contribution is -0.141. The molecule has 1 aromatic carbocycles. The minimum absolute atomic E-state index is 0.159. The molecule has 0 radical (unpaired) electrons. The predicted molar refractivity (Wildman–Crippen MR) is 92.8 cm³/mol. The molecule has 1 rings (SSSR count). The average molecular weight is 352 g/mol. The van der Waals surface area contributed by atoms with E-state index in [1.807, 2.05) is 30.3 Å². The van der Waals surface area contributed by atoms with Gasteiger partial charge in [0.1, 0.15) is 6.29 Å². The fourth-order valence-corrected chi connectivity index (χ4v) is 3.44. The minimum Gasteiger partial charge on any atom is -0.469 e. The summed E-state index contributed by atoms with van der Waals surface area (Å²) in [6.07, 6.45) is 2.53. The summed E-state index contributed by atoms with van der Waals surface area (Å²) < 4.78 is 9.32. The Morgan fingerprint density at radius 1 is 1.00 bits per heavy atom. The zero-order valence-electron chi connectivity index (χ0n) is 14.2. The largest absolute Gasteiger partial charge is 0.469 e. The van der Waals surface area contributed by atoms with Gasteiger partial charge in [-0.05, 0) is 37.1 Å². The molecule has 0 aliphatic carbocycles. The van der Waals surface area contributed by atoms with Crippen LogP contribution in [-0.2, 0) is 23.9 Å². The number of rotatable bonds is 11. The van der Waals surface area contributed by atoms with Crippen LogP contribution in [0.3, 0.4) is 0 Å². The second-order valence-corrected chi connectivity index (χ2v) is 6.71. The monoisotopic (exact) mass is 352 g/mol. The van der Waals surface area contributed by atoms with Crippen molar-refractivity contribution in [2.45, 2.75) is 37.0 Å². The van der Waals surface area contributed by atoms with Gasteiger partial charge >= 0.3 is 11.9 Å². The van der Waals surface area contributed by atoms with E-state index < -0.39 is 5.41 Å². The topological polar surface area (TPSA) is 69.7 Å². The van der Waals surface area contributed by atoms with Crippen molar-refractivity contribution in [3.63, 3.8) is 0 Å². The molecule has 0 saturated heterocycles. The van der Waals surface area contributed by atoms with E-state index in [-0.39, 0.29) is 24.8 Å². The van der Waals surface area contributed by atoms with Crippen LogP contribution in [-0.4, -0.2) is 38.2 Å². The lowest BCUT2D eigenvalue weighted by Crippen LogP contribution is -2.26. The number of benzene rings is 1. The number of carbonyl (C=O) groups is 3. The standard InChI is InChI=1S/C18H24O5S/c1-22-16(20)8-10-18(14-19,11-9-17(21)23-2)12-13-24-15-6-4-3-5-7-15/h3-7,14H,8-13H2,1-2H3. The molecular weight excluding hydrogens is 328 g/mol. The van der Waals surface area contributed by atoms with Gasteiger partial charge in [-0.15, -0.1) is 11.8 Å². The van der Waals surface area contributed by atoms with Gasteiger partial charge < -0.3 is 14.3 Å². The van der Waals surface area contributed by atoms with Gasteiger partial charge in [-0.25, -0.2) is 0 Å². The molecule has 132 valence electrons. The number of methoxy groups -OCH3 is 2. The van der Waals surface area contributed by atoms with Crippen LogP contribution in [0.15, 0.2) is 35.2 Å². The number of carbonyl (C=O) groups excluding carboxylic acids is 3. The third-order valence-corrected chi connectivity index (χ3v) is 4.99. The highest BCUT2D eigenvalue weighted by Crippen LogP contribution is 2.34. The molecule has 0 aromatic heterocycles. The second kappa shape index (κ2) is 10.9. The maximum Gasteiger partial charge on any atom is 0.305 e.